The van der Waals surface area contributed by atoms with Gasteiger partial charge < -0.3 is 30.8 Å². The van der Waals surface area contributed by atoms with E-state index in [1.54, 1.807) is 30.3 Å². The van der Waals surface area contributed by atoms with Gasteiger partial charge in [-0.05, 0) is 43.2 Å². The number of carbonyl (C=O) groups is 2. The van der Waals surface area contributed by atoms with Crippen LogP contribution in [0.25, 0.3) is 11.3 Å². The fourth-order valence-electron chi connectivity index (χ4n) is 4.14. The molecule has 0 spiro atoms. The Kier molecular flexibility index (Phi) is 7.28. The van der Waals surface area contributed by atoms with Crippen molar-refractivity contribution < 1.29 is 19.1 Å². The quantitative estimate of drug-likeness (QED) is 0.407. The van der Waals surface area contributed by atoms with Gasteiger partial charge in [0.05, 0.1) is 23.6 Å². The number of aromatic hydroxyl groups is 1. The van der Waals surface area contributed by atoms with E-state index in [2.05, 4.69) is 21.7 Å². The van der Waals surface area contributed by atoms with E-state index >= 15 is 0 Å². The molecule has 0 radical (unpaired) electrons. The number of nitrogens with two attached hydrogens (primary N) is 1. The summed E-state index contributed by atoms with van der Waals surface area (Å²) in [6.07, 6.45) is 2.84. The summed E-state index contributed by atoms with van der Waals surface area (Å²) in [6.45, 7) is 1.76. The van der Waals surface area contributed by atoms with Gasteiger partial charge >= 0.3 is 0 Å². The topological polar surface area (TPSA) is 158 Å². The SMILES string of the molecule is N#Cc1c(N2CCCC(C(=O)NCCN)C2)cc(-c2ccccc2O)nc1NC(=O)c1ccco1. The second kappa shape index (κ2) is 10.7. The Balaban J connectivity index is 1.75. The molecule has 3 aromatic rings. The van der Waals surface area contributed by atoms with Crippen molar-refractivity contribution >= 4 is 23.3 Å². The summed E-state index contributed by atoms with van der Waals surface area (Å²) in [5.74, 6) is -0.794. The number of furan rings is 1. The summed E-state index contributed by atoms with van der Waals surface area (Å²) < 4.78 is 5.17. The molecule has 1 aliphatic rings. The lowest BCUT2D eigenvalue weighted by Gasteiger charge is -2.34. The van der Waals surface area contributed by atoms with Crippen molar-refractivity contribution in [3.8, 4) is 23.1 Å². The van der Waals surface area contributed by atoms with E-state index < -0.39 is 5.91 Å². The zero-order valence-electron chi connectivity index (χ0n) is 19.0. The van der Waals surface area contributed by atoms with Crippen LogP contribution in [0, 0.1) is 17.2 Å². The number of amides is 2. The first-order valence-electron chi connectivity index (χ1n) is 11.3. The smallest absolute Gasteiger partial charge is 0.292 e. The van der Waals surface area contributed by atoms with Crippen molar-refractivity contribution in [3.63, 3.8) is 0 Å². The summed E-state index contributed by atoms with van der Waals surface area (Å²) in [5.41, 5.74) is 7.01. The number of hydrogen-bond acceptors (Lipinski definition) is 8. The first-order chi connectivity index (χ1) is 17.0. The number of phenols is 1. The molecule has 1 aromatic carbocycles. The van der Waals surface area contributed by atoms with Gasteiger partial charge in [0, 0.05) is 31.7 Å². The highest BCUT2D eigenvalue weighted by Crippen LogP contribution is 2.36. The van der Waals surface area contributed by atoms with Gasteiger partial charge in [-0.25, -0.2) is 4.98 Å². The van der Waals surface area contributed by atoms with Crippen LogP contribution in [0.15, 0.2) is 53.1 Å². The molecule has 5 N–H and O–H groups in total. The van der Waals surface area contributed by atoms with Gasteiger partial charge in [-0.1, -0.05) is 12.1 Å². The average molecular weight is 475 g/mol. The highest BCUT2D eigenvalue weighted by Gasteiger charge is 2.29. The standard InChI is InChI=1S/C25H26N6O4/c26-9-10-28-24(33)16-5-3-11-31(15-16)20-13-19(17-6-1-2-7-21(17)32)29-23(18(20)14-27)30-25(34)22-8-4-12-35-22/h1-2,4,6-8,12-13,16,32H,3,5,9-11,15,26H2,(H,28,33)(H,29,30,34). The predicted octanol–water partition coefficient (Wildman–Crippen LogP) is 2.46. The van der Waals surface area contributed by atoms with E-state index in [-0.39, 0.29) is 34.7 Å². The first-order valence-corrected chi connectivity index (χ1v) is 11.3. The van der Waals surface area contributed by atoms with E-state index in [1.165, 1.54) is 18.4 Å². The molecule has 10 nitrogen and oxygen atoms in total. The highest BCUT2D eigenvalue weighted by atomic mass is 16.3. The van der Waals surface area contributed by atoms with Crippen LogP contribution in [-0.2, 0) is 4.79 Å². The predicted molar refractivity (Wildman–Crippen MR) is 130 cm³/mol. The minimum absolute atomic E-state index is 0.0108. The number of nitrogens with zero attached hydrogens (tertiary/aromatic N) is 3. The van der Waals surface area contributed by atoms with Gasteiger partial charge in [-0.15, -0.1) is 0 Å². The highest BCUT2D eigenvalue weighted by molar-refractivity contribution is 6.03. The number of para-hydroxylation sites is 1. The lowest BCUT2D eigenvalue weighted by molar-refractivity contribution is -0.125. The molecular formula is C25H26N6O4. The third kappa shape index (κ3) is 5.26. The van der Waals surface area contributed by atoms with Crippen molar-refractivity contribution in [2.24, 2.45) is 11.7 Å². The second-order valence-electron chi connectivity index (χ2n) is 8.18. The number of aromatic nitrogens is 1. The zero-order valence-corrected chi connectivity index (χ0v) is 19.0. The number of piperidine rings is 1. The van der Waals surface area contributed by atoms with Crippen molar-refractivity contribution in [2.75, 3.05) is 36.4 Å². The van der Waals surface area contributed by atoms with E-state index in [0.717, 1.165) is 6.42 Å². The van der Waals surface area contributed by atoms with Crippen LogP contribution in [0.2, 0.25) is 0 Å². The second-order valence-corrected chi connectivity index (χ2v) is 8.18. The Morgan fingerprint density at radius 3 is 2.83 bits per heavy atom. The maximum absolute atomic E-state index is 12.7. The first kappa shape index (κ1) is 23.8. The lowest BCUT2D eigenvalue weighted by atomic mass is 9.95. The molecule has 0 saturated carbocycles. The zero-order chi connectivity index (χ0) is 24.8. The Hall–Kier alpha value is -4.36. The molecule has 0 bridgehead atoms. The number of pyridine rings is 1. The van der Waals surface area contributed by atoms with E-state index in [1.807, 2.05) is 4.90 Å². The molecular weight excluding hydrogens is 448 g/mol. The van der Waals surface area contributed by atoms with Crippen LogP contribution in [-0.4, -0.2) is 48.1 Å². The third-order valence-corrected chi connectivity index (χ3v) is 5.84. The Bertz CT molecular complexity index is 1250. The van der Waals surface area contributed by atoms with Crippen LogP contribution < -0.4 is 21.3 Å². The minimum Gasteiger partial charge on any atom is -0.507 e. The molecule has 2 amide bonds. The summed E-state index contributed by atoms with van der Waals surface area (Å²) in [7, 11) is 0. The minimum atomic E-state index is -0.558. The fourth-order valence-corrected chi connectivity index (χ4v) is 4.14. The average Bonchev–Trinajstić information content (AvgIpc) is 3.42. The van der Waals surface area contributed by atoms with Crippen LogP contribution in [0.5, 0.6) is 5.75 Å². The summed E-state index contributed by atoms with van der Waals surface area (Å²) >= 11 is 0. The van der Waals surface area contributed by atoms with E-state index in [9.17, 15) is 20.0 Å². The number of nitriles is 1. The molecule has 35 heavy (non-hydrogen) atoms. The van der Waals surface area contributed by atoms with Crippen molar-refractivity contribution in [1.82, 2.24) is 10.3 Å². The molecule has 1 fully saturated rings. The number of benzene rings is 1. The summed E-state index contributed by atoms with van der Waals surface area (Å²) in [6, 6.07) is 13.6. The fraction of sp³-hybridized carbons (Fsp3) is 0.280. The Labute approximate surface area is 202 Å². The number of rotatable bonds is 7. The van der Waals surface area contributed by atoms with Gasteiger partial charge in [0.2, 0.25) is 5.91 Å². The summed E-state index contributed by atoms with van der Waals surface area (Å²) in [5, 5.41) is 26.0. The molecule has 1 unspecified atom stereocenters. The van der Waals surface area contributed by atoms with Gasteiger partial charge in [0.15, 0.2) is 11.6 Å². The van der Waals surface area contributed by atoms with Crippen LogP contribution in [0.4, 0.5) is 11.5 Å². The molecule has 4 rings (SSSR count). The lowest BCUT2D eigenvalue weighted by Crippen LogP contribution is -2.44. The molecule has 1 saturated heterocycles. The molecule has 3 heterocycles. The number of phenolic OH excluding ortho intramolecular Hbond substituents is 1. The largest absolute Gasteiger partial charge is 0.507 e. The summed E-state index contributed by atoms with van der Waals surface area (Å²) in [4.78, 5) is 31.7. The van der Waals surface area contributed by atoms with Crippen molar-refractivity contribution in [1.29, 1.82) is 5.26 Å². The van der Waals surface area contributed by atoms with Crippen LogP contribution in [0.3, 0.4) is 0 Å². The number of hydrogen-bond donors (Lipinski definition) is 4. The van der Waals surface area contributed by atoms with Gasteiger partial charge in [0.25, 0.3) is 5.91 Å². The van der Waals surface area contributed by atoms with Gasteiger partial charge in [0.1, 0.15) is 17.4 Å². The maximum atomic E-state index is 12.7. The normalized spacial score (nSPS) is 15.3. The molecule has 0 aliphatic carbocycles. The molecule has 10 heteroatoms. The molecule has 1 atom stereocenters. The third-order valence-electron chi connectivity index (χ3n) is 5.84. The van der Waals surface area contributed by atoms with Crippen molar-refractivity contribution in [3.05, 3.63) is 60.1 Å². The van der Waals surface area contributed by atoms with Gasteiger partial charge in [-0.2, -0.15) is 5.26 Å². The van der Waals surface area contributed by atoms with E-state index in [4.69, 9.17) is 10.2 Å². The van der Waals surface area contributed by atoms with Crippen LogP contribution in [0.1, 0.15) is 29.0 Å². The number of carbonyl (C=O) groups excluding carboxylic acids is 2. The van der Waals surface area contributed by atoms with Gasteiger partial charge in [-0.3, -0.25) is 9.59 Å². The number of anilines is 2. The van der Waals surface area contributed by atoms with E-state index in [0.29, 0.717) is 49.5 Å². The molecule has 2 aromatic heterocycles. The Morgan fingerprint density at radius 1 is 1.29 bits per heavy atom. The van der Waals surface area contributed by atoms with Crippen LogP contribution >= 0.6 is 0 Å². The number of nitrogens with one attached hydrogen (secondary N) is 2. The molecule has 180 valence electrons. The monoisotopic (exact) mass is 474 g/mol. The maximum Gasteiger partial charge on any atom is 0.292 e. The molecule has 1 aliphatic heterocycles. The Morgan fingerprint density at radius 2 is 2.11 bits per heavy atom. The van der Waals surface area contributed by atoms with Crippen molar-refractivity contribution in [2.45, 2.75) is 12.8 Å².